The molecule has 2 N–H and O–H groups in total. The van der Waals surface area contributed by atoms with Crippen molar-refractivity contribution in [2.24, 2.45) is 0 Å². The van der Waals surface area contributed by atoms with Crippen LogP contribution in [-0.2, 0) is 4.79 Å². The Morgan fingerprint density at radius 1 is 1.06 bits per heavy atom. The number of carbonyl (C=O) groups excluding carboxylic acids is 1. The normalized spacial score (nSPS) is 15.5. The van der Waals surface area contributed by atoms with Gasteiger partial charge in [-0.15, -0.1) is 0 Å². The van der Waals surface area contributed by atoms with Crippen LogP contribution in [0.5, 0.6) is 0 Å². The molecule has 1 amide bonds. The minimum atomic E-state index is -0.683. The predicted octanol–water partition coefficient (Wildman–Crippen LogP) is 5.76. The molecule has 1 aliphatic rings. The number of hydrogen-bond acceptors (Lipinski definition) is 3. The van der Waals surface area contributed by atoms with Crippen molar-refractivity contribution in [3.63, 3.8) is 0 Å². The summed E-state index contributed by atoms with van der Waals surface area (Å²) in [5.74, 6) is -0.151. The first-order valence-corrected chi connectivity index (χ1v) is 10.2. The van der Waals surface area contributed by atoms with Gasteiger partial charge in [-0.2, -0.15) is 0 Å². The van der Waals surface area contributed by atoms with Gasteiger partial charge >= 0.3 is 0 Å². The molecule has 1 atom stereocenters. The number of amides is 1. The Morgan fingerprint density at radius 3 is 2.55 bits per heavy atom. The van der Waals surface area contributed by atoms with E-state index in [0.29, 0.717) is 33.5 Å². The smallest absolute Gasteiger partial charge is 0.255 e. The Bertz CT molecular complexity index is 1340. The summed E-state index contributed by atoms with van der Waals surface area (Å²) in [6.45, 7) is 1.80. The maximum absolute atomic E-state index is 15.0. The molecule has 0 spiro atoms. The van der Waals surface area contributed by atoms with Crippen molar-refractivity contribution in [3.8, 4) is 0 Å². The van der Waals surface area contributed by atoms with E-state index in [1.54, 1.807) is 49.4 Å². The van der Waals surface area contributed by atoms with Crippen molar-refractivity contribution in [3.05, 3.63) is 100 Å². The van der Waals surface area contributed by atoms with Crippen molar-refractivity contribution in [1.82, 2.24) is 9.55 Å². The van der Waals surface area contributed by atoms with Gasteiger partial charge in [0.2, 0.25) is 5.95 Å². The fourth-order valence-corrected chi connectivity index (χ4v) is 4.11. The number of fused-ring (bicyclic) bond motifs is 3. The Balaban J connectivity index is 1.67. The molecule has 5 nitrogen and oxygen atoms in total. The molecule has 2 heterocycles. The summed E-state index contributed by atoms with van der Waals surface area (Å²) in [4.78, 5) is 18.1. The molecule has 4 aromatic rings. The van der Waals surface area contributed by atoms with E-state index in [1.165, 1.54) is 6.07 Å². The third-order valence-electron chi connectivity index (χ3n) is 5.38. The van der Waals surface area contributed by atoms with Gasteiger partial charge < -0.3 is 10.6 Å². The third-order valence-corrected chi connectivity index (χ3v) is 5.63. The van der Waals surface area contributed by atoms with Crippen molar-refractivity contribution >= 4 is 40.2 Å². The second kappa shape index (κ2) is 7.56. The van der Waals surface area contributed by atoms with E-state index in [2.05, 4.69) is 15.6 Å². The van der Waals surface area contributed by atoms with Crippen LogP contribution in [0.1, 0.15) is 18.5 Å². The lowest BCUT2D eigenvalue weighted by molar-refractivity contribution is -0.113. The van der Waals surface area contributed by atoms with E-state index >= 15 is 0 Å². The van der Waals surface area contributed by atoms with Crippen LogP contribution in [0.3, 0.4) is 0 Å². The summed E-state index contributed by atoms with van der Waals surface area (Å²) in [7, 11) is 0. The van der Waals surface area contributed by atoms with Crippen molar-refractivity contribution in [2.75, 3.05) is 10.6 Å². The van der Waals surface area contributed by atoms with Gasteiger partial charge in [0.05, 0.1) is 22.6 Å². The summed E-state index contributed by atoms with van der Waals surface area (Å²) >= 11 is 5.96. The Hall–Kier alpha value is -3.64. The standard InChI is InChI=1S/C24H18ClFN4O/c1-14-21(23(31)28-16-12-10-15(25)11-13-16)22(17-6-2-3-7-18(17)26)30-20-9-5-4-8-19(20)29-24(30)27-14/h2-13,22H,1H3,(H,27,29)(H,28,31)/t22-/m0/s1. The molecule has 0 radical (unpaired) electrons. The lowest BCUT2D eigenvalue weighted by Crippen LogP contribution is -2.31. The molecule has 1 aromatic heterocycles. The number of para-hydroxylation sites is 2. The lowest BCUT2D eigenvalue weighted by Gasteiger charge is -2.31. The molecule has 0 fully saturated rings. The predicted molar refractivity (Wildman–Crippen MR) is 121 cm³/mol. The number of benzene rings is 3. The molecule has 0 saturated heterocycles. The fraction of sp³-hybridized carbons (Fsp3) is 0.0833. The zero-order chi connectivity index (χ0) is 21.5. The molecule has 3 aromatic carbocycles. The molecule has 5 rings (SSSR count). The maximum atomic E-state index is 15.0. The van der Waals surface area contributed by atoms with Gasteiger partial charge in [-0.25, -0.2) is 9.37 Å². The van der Waals surface area contributed by atoms with Gasteiger partial charge in [0, 0.05) is 22.0 Å². The number of nitrogens with zero attached hydrogens (tertiary/aromatic N) is 2. The summed E-state index contributed by atoms with van der Waals surface area (Å²) in [5.41, 5.74) is 3.59. The van der Waals surface area contributed by atoms with Crippen molar-refractivity contribution in [2.45, 2.75) is 13.0 Å². The summed E-state index contributed by atoms with van der Waals surface area (Å²) in [5, 5.41) is 6.70. The molecule has 0 bridgehead atoms. The van der Waals surface area contributed by atoms with Crippen LogP contribution in [0.2, 0.25) is 5.02 Å². The lowest BCUT2D eigenvalue weighted by atomic mass is 9.94. The Labute approximate surface area is 183 Å². The molecular formula is C24H18ClFN4O. The Kier molecular flexibility index (Phi) is 4.71. The first kappa shape index (κ1) is 19.3. The van der Waals surface area contributed by atoms with E-state index in [9.17, 15) is 9.18 Å². The van der Waals surface area contributed by atoms with Crippen LogP contribution in [0, 0.1) is 5.82 Å². The van der Waals surface area contributed by atoms with Crippen LogP contribution in [0.4, 0.5) is 16.0 Å². The number of rotatable bonds is 3. The van der Waals surface area contributed by atoms with E-state index in [-0.39, 0.29) is 11.7 Å². The second-order valence-electron chi connectivity index (χ2n) is 7.34. The second-order valence-corrected chi connectivity index (χ2v) is 7.78. The average molecular weight is 433 g/mol. The molecule has 154 valence electrons. The van der Waals surface area contributed by atoms with E-state index in [0.717, 1.165) is 11.0 Å². The summed E-state index contributed by atoms with van der Waals surface area (Å²) in [6.07, 6.45) is 0. The SMILES string of the molecule is CC1=C(C(=O)Nc2ccc(Cl)cc2)[C@H](c2ccccc2F)n2c(nc3ccccc32)N1. The first-order valence-electron chi connectivity index (χ1n) is 9.79. The molecular weight excluding hydrogens is 415 g/mol. The number of aromatic nitrogens is 2. The molecule has 0 aliphatic carbocycles. The quantitative estimate of drug-likeness (QED) is 0.433. The minimum absolute atomic E-state index is 0.330. The number of anilines is 2. The average Bonchev–Trinajstić information content (AvgIpc) is 3.12. The summed E-state index contributed by atoms with van der Waals surface area (Å²) < 4.78 is 16.9. The van der Waals surface area contributed by atoms with Crippen LogP contribution < -0.4 is 10.6 Å². The summed E-state index contributed by atoms with van der Waals surface area (Å²) in [6, 6.07) is 20.3. The number of halogens is 2. The number of nitrogens with one attached hydrogen (secondary N) is 2. The molecule has 0 unspecified atom stereocenters. The van der Waals surface area contributed by atoms with Gasteiger partial charge in [0.15, 0.2) is 0 Å². The van der Waals surface area contributed by atoms with Crippen LogP contribution >= 0.6 is 11.6 Å². The zero-order valence-electron chi connectivity index (χ0n) is 16.6. The third kappa shape index (κ3) is 3.35. The fourth-order valence-electron chi connectivity index (χ4n) is 3.98. The van der Waals surface area contributed by atoms with Gasteiger partial charge in [0.1, 0.15) is 5.82 Å². The molecule has 0 saturated carbocycles. The van der Waals surface area contributed by atoms with Crippen LogP contribution in [0.15, 0.2) is 84.1 Å². The minimum Gasteiger partial charge on any atom is -0.329 e. The van der Waals surface area contributed by atoms with Gasteiger partial charge in [0.25, 0.3) is 5.91 Å². The van der Waals surface area contributed by atoms with Crippen LogP contribution in [0.25, 0.3) is 11.0 Å². The molecule has 1 aliphatic heterocycles. The molecule has 7 heteroatoms. The monoisotopic (exact) mass is 432 g/mol. The van der Waals surface area contributed by atoms with Crippen LogP contribution in [-0.4, -0.2) is 15.5 Å². The van der Waals surface area contributed by atoms with E-state index in [1.807, 2.05) is 28.8 Å². The Morgan fingerprint density at radius 2 is 1.77 bits per heavy atom. The number of allylic oxidation sites excluding steroid dienone is 1. The topological polar surface area (TPSA) is 59.0 Å². The first-order chi connectivity index (χ1) is 15.0. The highest BCUT2D eigenvalue weighted by atomic mass is 35.5. The van der Waals surface area contributed by atoms with E-state index in [4.69, 9.17) is 11.6 Å². The van der Waals surface area contributed by atoms with Gasteiger partial charge in [-0.3, -0.25) is 9.36 Å². The van der Waals surface area contributed by atoms with Gasteiger partial charge in [-0.1, -0.05) is 41.9 Å². The highest BCUT2D eigenvalue weighted by Gasteiger charge is 2.35. The molecule has 31 heavy (non-hydrogen) atoms. The number of carbonyl (C=O) groups is 1. The number of hydrogen-bond donors (Lipinski definition) is 2. The maximum Gasteiger partial charge on any atom is 0.255 e. The zero-order valence-corrected chi connectivity index (χ0v) is 17.3. The highest BCUT2D eigenvalue weighted by Crippen LogP contribution is 2.40. The highest BCUT2D eigenvalue weighted by molar-refractivity contribution is 6.30. The number of imidazole rings is 1. The van der Waals surface area contributed by atoms with Crippen molar-refractivity contribution < 1.29 is 9.18 Å². The largest absolute Gasteiger partial charge is 0.329 e. The van der Waals surface area contributed by atoms with E-state index < -0.39 is 6.04 Å². The van der Waals surface area contributed by atoms with Crippen molar-refractivity contribution in [1.29, 1.82) is 0 Å². The van der Waals surface area contributed by atoms with Gasteiger partial charge in [-0.05, 0) is 49.4 Å².